The molecule has 1 heterocycles. The van der Waals surface area contributed by atoms with Gasteiger partial charge in [0.05, 0.1) is 12.6 Å². The molecule has 1 aliphatic rings. The molecule has 1 aromatic carbocycles. The van der Waals surface area contributed by atoms with Crippen molar-refractivity contribution < 1.29 is 14.6 Å². The molecule has 2 unspecified atom stereocenters. The molecule has 0 aliphatic carbocycles. The van der Waals surface area contributed by atoms with Gasteiger partial charge in [0.15, 0.2) is 0 Å². The third-order valence-electron chi connectivity index (χ3n) is 2.68. The molecule has 2 rings (SSSR count). The van der Waals surface area contributed by atoms with Crippen LogP contribution in [0, 0.1) is 0 Å². The Morgan fingerprint density at radius 2 is 2.13 bits per heavy atom. The number of para-hydroxylation sites is 1. The van der Waals surface area contributed by atoms with Crippen LogP contribution in [-0.2, 0) is 0 Å². The minimum atomic E-state index is -0.879. The first-order chi connectivity index (χ1) is 7.18. The number of likely N-dealkylation sites (tertiary alicyclic amines) is 1. The van der Waals surface area contributed by atoms with Crippen molar-refractivity contribution in [2.45, 2.75) is 19.1 Å². The summed E-state index contributed by atoms with van der Waals surface area (Å²) in [5.41, 5.74) is 0. The summed E-state index contributed by atoms with van der Waals surface area (Å²) >= 11 is 0. The summed E-state index contributed by atoms with van der Waals surface area (Å²) in [6, 6.07) is 9.39. The Balaban J connectivity index is 1.92. The largest absolute Gasteiger partial charge is 0.486 e. The van der Waals surface area contributed by atoms with Gasteiger partial charge in [0.1, 0.15) is 11.9 Å². The molecule has 1 aromatic rings. The average Bonchev–Trinajstić information content (AvgIpc) is 2.24. The number of amides is 1. The van der Waals surface area contributed by atoms with E-state index in [4.69, 9.17) is 9.84 Å². The first kappa shape index (κ1) is 9.83. The van der Waals surface area contributed by atoms with Gasteiger partial charge in [-0.15, -0.1) is 0 Å². The van der Waals surface area contributed by atoms with E-state index in [9.17, 15) is 4.79 Å². The summed E-state index contributed by atoms with van der Waals surface area (Å²) in [5, 5.41) is 8.76. The van der Waals surface area contributed by atoms with Crippen LogP contribution in [0.15, 0.2) is 30.3 Å². The predicted octanol–water partition coefficient (Wildman–Crippen LogP) is 1.82. The van der Waals surface area contributed by atoms with Gasteiger partial charge < -0.3 is 9.84 Å². The van der Waals surface area contributed by atoms with Crippen LogP contribution in [0.2, 0.25) is 0 Å². The Hall–Kier alpha value is -1.71. The van der Waals surface area contributed by atoms with E-state index in [0.29, 0.717) is 6.54 Å². The fraction of sp³-hybridized carbons (Fsp3) is 0.364. The molecule has 80 valence electrons. The second kappa shape index (κ2) is 3.81. The van der Waals surface area contributed by atoms with E-state index in [-0.39, 0.29) is 12.1 Å². The van der Waals surface area contributed by atoms with Crippen LogP contribution in [-0.4, -0.2) is 34.8 Å². The van der Waals surface area contributed by atoms with E-state index >= 15 is 0 Å². The molecular formula is C11H13NO3. The number of ether oxygens (including phenoxy) is 1. The number of carbonyl (C=O) groups is 1. The minimum Gasteiger partial charge on any atom is -0.486 e. The van der Waals surface area contributed by atoms with Crippen molar-refractivity contribution in [1.82, 2.24) is 4.90 Å². The van der Waals surface area contributed by atoms with Crippen molar-refractivity contribution >= 4 is 6.09 Å². The lowest BCUT2D eigenvalue weighted by Gasteiger charge is -2.43. The first-order valence-corrected chi connectivity index (χ1v) is 4.90. The van der Waals surface area contributed by atoms with E-state index < -0.39 is 6.09 Å². The number of hydrogen-bond donors (Lipinski definition) is 1. The first-order valence-electron chi connectivity index (χ1n) is 4.90. The Morgan fingerprint density at radius 3 is 2.67 bits per heavy atom. The van der Waals surface area contributed by atoms with Crippen molar-refractivity contribution in [2.24, 2.45) is 0 Å². The maximum atomic E-state index is 10.7. The van der Waals surface area contributed by atoms with E-state index in [1.807, 2.05) is 37.3 Å². The number of rotatable bonds is 2. The van der Waals surface area contributed by atoms with Gasteiger partial charge in [0, 0.05) is 0 Å². The standard InChI is InChI=1S/C11H13NO3/c1-8-10(7-12(8)11(13)14)15-9-5-3-2-4-6-9/h2-6,8,10H,7H2,1H3,(H,13,14). The van der Waals surface area contributed by atoms with Crippen LogP contribution < -0.4 is 4.74 Å². The fourth-order valence-corrected chi connectivity index (χ4v) is 1.64. The van der Waals surface area contributed by atoms with Gasteiger partial charge >= 0.3 is 6.09 Å². The normalized spacial score (nSPS) is 24.5. The molecule has 4 heteroatoms. The average molecular weight is 207 g/mol. The zero-order valence-corrected chi connectivity index (χ0v) is 8.46. The monoisotopic (exact) mass is 207 g/mol. The second-order valence-electron chi connectivity index (χ2n) is 3.64. The molecule has 0 spiro atoms. The SMILES string of the molecule is CC1C(Oc2ccccc2)CN1C(=O)O. The Bertz CT molecular complexity index is 352. The number of carboxylic acid groups (broad SMARTS) is 1. The Morgan fingerprint density at radius 1 is 1.47 bits per heavy atom. The zero-order valence-electron chi connectivity index (χ0n) is 8.46. The lowest BCUT2D eigenvalue weighted by atomic mass is 10.0. The Kier molecular flexibility index (Phi) is 2.49. The maximum absolute atomic E-state index is 10.7. The van der Waals surface area contributed by atoms with Gasteiger partial charge in [-0.1, -0.05) is 18.2 Å². The van der Waals surface area contributed by atoms with E-state index in [0.717, 1.165) is 5.75 Å². The van der Waals surface area contributed by atoms with Gasteiger partial charge in [0.2, 0.25) is 0 Å². The van der Waals surface area contributed by atoms with Crippen LogP contribution in [0.1, 0.15) is 6.92 Å². The van der Waals surface area contributed by atoms with Crippen LogP contribution in [0.4, 0.5) is 4.79 Å². The molecule has 4 nitrogen and oxygen atoms in total. The van der Waals surface area contributed by atoms with Gasteiger partial charge in [0.25, 0.3) is 0 Å². The summed E-state index contributed by atoms with van der Waals surface area (Å²) in [4.78, 5) is 12.0. The van der Waals surface area contributed by atoms with Gasteiger partial charge in [-0.25, -0.2) is 4.79 Å². The molecule has 0 bridgehead atoms. The van der Waals surface area contributed by atoms with Crippen LogP contribution in [0.25, 0.3) is 0 Å². The third-order valence-corrected chi connectivity index (χ3v) is 2.68. The van der Waals surface area contributed by atoms with Crippen molar-refractivity contribution in [3.05, 3.63) is 30.3 Å². The Labute approximate surface area is 88.1 Å². The van der Waals surface area contributed by atoms with E-state index in [1.165, 1.54) is 4.90 Å². The highest BCUT2D eigenvalue weighted by Gasteiger charge is 2.40. The van der Waals surface area contributed by atoms with Crippen LogP contribution in [0.3, 0.4) is 0 Å². The quantitative estimate of drug-likeness (QED) is 0.804. The summed E-state index contributed by atoms with van der Waals surface area (Å²) < 4.78 is 5.64. The molecule has 1 aliphatic heterocycles. The third kappa shape index (κ3) is 1.88. The van der Waals surface area contributed by atoms with Crippen molar-refractivity contribution in [2.75, 3.05) is 6.54 Å². The lowest BCUT2D eigenvalue weighted by molar-refractivity contribution is -0.0224. The van der Waals surface area contributed by atoms with Crippen LogP contribution >= 0.6 is 0 Å². The summed E-state index contributed by atoms with van der Waals surface area (Å²) in [6.07, 6.45) is -0.904. The van der Waals surface area contributed by atoms with Crippen molar-refractivity contribution in [3.63, 3.8) is 0 Å². The smallest absolute Gasteiger partial charge is 0.407 e. The van der Waals surface area contributed by atoms with Crippen molar-refractivity contribution in [1.29, 1.82) is 0 Å². The molecule has 1 N–H and O–H groups in total. The fourth-order valence-electron chi connectivity index (χ4n) is 1.64. The highest BCUT2D eigenvalue weighted by atomic mass is 16.5. The second-order valence-corrected chi connectivity index (χ2v) is 3.64. The summed E-state index contributed by atoms with van der Waals surface area (Å²) in [5.74, 6) is 0.791. The number of hydrogen-bond acceptors (Lipinski definition) is 2. The molecule has 0 aromatic heterocycles. The maximum Gasteiger partial charge on any atom is 0.407 e. The molecule has 0 radical (unpaired) electrons. The highest BCUT2D eigenvalue weighted by molar-refractivity contribution is 5.66. The van der Waals surface area contributed by atoms with E-state index in [2.05, 4.69) is 0 Å². The van der Waals surface area contributed by atoms with Gasteiger partial charge in [-0.05, 0) is 19.1 Å². The molecule has 2 atom stereocenters. The molecular weight excluding hydrogens is 194 g/mol. The van der Waals surface area contributed by atoms with Crippen LogP contribution in [0.5, 0.6) is 5.75 Å². The molecule has 1 saturated heterocycles. The highest BCUT2D eigenvalue weighted by Crippen LogP contribution is 2.23. The zero-order chi connectivity index (χ0) is 10.8. The molecule has 15 heavy (non-hydrogen) atoms. The molecule has 1 amide bonds. The topological polar surface area (TPSA) is 49.8 Å². The van der Waals surface area contributed by atoms with Gasteiger partial charge in [-0.2, -0.15) is 0 Å². The molecule has 0 saturated carbocycles. The predicted molar refractivity (Wildman–Crippen MR) is 55.1 cm³/mol. The van der Waals surface area contributed by atoms with E-state index in [1.54, 1.807) is 0 Å². The summed E-state index contributed by atoms with van der Waals surface area (Å²) in [7, 11) is 0. The van der Waals surface area contributed by atoms with Gasteiger partial charge in [-0.3, -0.25) is 4.90 Å². The number of nitrogens with zero attached hydrogens (tertiary/aromatic N) is 1. The van der Waals surface area contributed by atoms with Crippen molar-refractivity contribution in [3.8, 4) is 5.75 Å². The molecule has 1 fully saturated rings. The lowest BCUT2D eigenvalue weighted by Crippen LogP contribution is -2.62. The minimum absolute atomic E-state index is 0.0245. The number of benzene rings is 1. The summed E-state index contributed by atoms with van der Waals surface area (Å²) in [6.45, 7) is 2.30.